The van der Waals surface area contributed by atoms with E-state index in [0.29, 0.717) is 24.0 Å². The standard InChI is InChI=1S/C20H28N2O4S/c23-20(22-10-7-18(8-11-22)26-17-3-1-2-4-17)21-14-15-5-6-19-16(13-15)9-12-27(19,24)25/h5-6,13,17-18H,1-4,7-12,14H2,(H,21,23). The molecule has 1 saturated heterocycles. The molecule has 2 heterocycles. The number of hydrogen-bond acceptors (Lipinski definition) is 4. The second-order valence-corrected chi connectivity index (χ2v) is 9.98. The smallest absolute Gasteiger partial charge is 0.317 e. The van der Waals surface area contributed by atoms with Crippen LogP contribution in [0.4, 0.5) is 4.79 Å². The minimum atomic E-state index is -3.09. The Balaban J connectivity index is 1.24. The number of benzene rings is 1. The summed E-state index contributed by atoms with van der Waals surface area (Å²) in [7, 11) is -3.09. The average Bonchev–Trinajstić information content (AvgIpc) is 3.28. The van der Waals surface area contributed by atoms with Gasteiger partial charge in [-0.3, -0.25) is 0 Å². The van der Waals surface area contributed by atoms with Crippen LogP contribution < -0.4 is 5.32 Å². The van der Waals surface area contributed by atoms with Crippen LogP contribution in [-0.4, -0.2) is 50.4 Å². The summed E-state index contributed by atoms with van der Waals surface area (Å²) in [6, 6.07) is 5.32. The lowest BCUT2D eigenvalue weighted by Gasteiger charge is -2.33. The lowest BCUT2D eigenvalue weighted by atomic mass is 10.1. The van der Waals surface area contributed by atoms with E-state index in [1.54, 1.807) is 12.1 Å². The zero-order chi connectivity index (χ0) is 18.9. The minimum absolute atomic E-state index is 0.0533. The summed E-state index contributed by atoms with van der Waals surface area (Å²) in [5.41, 5.74) is 1.81. The molecule has 4 rings (SSSR count). The molecule has 148 valence electrons. The van der Waals surface area contributed by atoms with Gasteiger partial charge in [0, 0.05) is 19.6 Å². The Morgan fingerprint density at radius 3 is 2.56 bits per heavy atom. The van der Waals surface area contributed by atoms with Crippen LogP contribution in [0.1, 0.15) is 49.7 Å². The lowest BCUT2D eigenvalue weighted by Crippen LogP contribution is -2.46. The van der Waals surface area contributed by atoms with Gasteiger partial charge >= 0.3 is 6.03 Å². The maximum Gasteiger partial charge on any atom is 0.317 e. The van der Waals surface area contributed by atoms with Crippen LogP contribution >= 0.6 is 0 Å². The van der Waals surface area contributed by atoms with E-state index in [4.69, 9.17) is 4.74 Å². The van der Waals surface area contributed by atoms with Gasteiger partial charge in [0.25, 0.3) is 0 Å². The highest BCUT2D eigenvalue weighted by molar-refractivity contribution is 7.91. The van der Waals surface area contributed by atoms with Gasteiger partial charge in [-0.1, -0.05) is 25.0 Å². The fraction of sp³-hybridized carbons (Fsp3) is 0.650. The number of likely N-dealkylation sites (tertiary alicyclic amines) is 1. The molecule has 0 spiro atoms. The number of rotatable bonds is 4. The first-order valence-corrected chi connectivity index (χ1v) is 11.7. The molecule has 1 aromatic carbocycles. The molecule has 1 N–H and O–H groups in total. The summed E-state index contributed by atoms with van der Waals surface area (Å²) in [5, 5.41) is 2.97. The Morgan fingerprint density at radius 1 is 1.11 bits per heavy atom. The third-order valence-corrected chi connectivity index (χ3v) is 7.77. The van der Waals surface area contributed by atoms with Crippen LogP contribution in [0.15, 0.2) is 23.1 Å². The highest BCUT2D eigenvalue weighted by Crippen LogP contribution is 2.27. The number of nitrogens with one attached hydrogen (secondary N) is 1. The molecule has 0 atom stereocenters. The number of urea groups is 1. The fourth-order valence-corrected chi connectivity index (χ4v) is 5.92. The van der Waals surface area contributed by atoms with E-state index in [1.165, 1.54) is 25.7 Å². The molecule has 2 fully saturated rings. The van der Waals surface area contributed by atoms with Crippen LogP contribution in [0.3, 0.4) is 0 Å². The molecule has 1 aliphatic carbocycles. The quantitative estimate of drug-likeness (QED) is 0.855. The van der Waals surface area contributed by atoms with Crippen molar-refractivity contribution in [3.05, 3.63) is 29.3 Å². The number of fused-ring (bicyclic) bond motifs is 1. The van der Waals surface area contributed by atoms with Gasteiger partial charge in [0.15, 0.2) is 9.84 Å². The SMILES string of the molecule is O=C(NCc1ccc2c(c1)CCS2(=O)=O)N1CCC(OC2CCCC2)CC1. The number of aryl methyl sites for hydroxylation is 1. The first-order valence-electron chi connectivity index (χ1n) is 10.0. The number of ether oxygens (including phenoxy) is 1. The number of carbonyl (C=O) groups excluding carboxylic acids is 1. The van der Waals surface area contributed by atoms with Crippen molar-refractivity contribution in [3.63, 3.8) is 0 Å². The van der Waals surface area contributed by atoms with Crippen LogP contribution in [0.2, 0.25) is 0 Å². The number of sulfone groups is 1. The molecule has 0 bridgehead atoms. The Labute approximate surface area is 161 Å². The van der Waals surface area contributed by atoms with Crippen molar-refractivity contribution in [3.8, 4) is 0 Å². The first kappa shape index (κ1) is 18.7. The molecule has 2 amide bonds. The highest BCUT2D eigenvalue weighted by Gasteiger charge is 2.27. The Kier molecular flexibility index (Phi) is 5.41. The van der Waals surface area contributed by atoms with E-state index in [2.05, 4.69) is 5.32 Å². The molecule has 3 aliphatic rings. The van der Waals surface area contributed by atoms with Crippen molar-refractivity contribution in [1.29, 1.82) is 0 Å². The lowest BCUT2D eigenvalue weighted by molar-refractivity contribution is -0.0338. The van der Waals surface area contributed by atoms with Gasteiger partial charge in [0.1, 0.15) is 0 Å². The average molecular weight is 393 g/mol. The summed E-state index contributed by atoms with van der Waals surface area (Å²) in [6.07, 6.45) is 8.01. The van der Waals surface area contributed by atoms with E-state index in [9.17, 15) is 13.2 Å². The maximum atomic E-state index is 12.4. The van der Waals surface area contributed by atoms with Gasteiger partial charge < -0.3 is 15.0 Å². The molecule has 0 unspecified atom stereocenters. The summed E-state index contributed by atoms with van der Waals surface area (Å²) in [6.45, 7) is 1.88. The first-order chi connectivity index (χ1) is 13.0. The molecule has 27 heavy (non-hydrogen) atoms. The molecule has 0 radical (unpaired) electrons. The van der Waals surface area contributed by atoms with Crippen molar-refractivity contribution >= 4 is 15.9 Å². The third-order valence-electron chi connectivity index (χ3n) is 5.96. The second-order valence-electron chi connectivity index (χ2n) is 7.90. The Bertz CT molecular complexity index is 794. The molecular weight excluding hydrogens is 364 g/mol. The molecule has 1 aromatic rings. The van der Waals surface area contributed by atoms with Gasteiger partial charge in [-0.25, -0.2) is 13.2 Å². The van der Waals surface area contributed by atoms with Gasteiger partial charge in [0.2, 0.25) is 0 Å². The van der Waals surface area contributed by atoms with Crippen molar-refractivity contribution in [2.75, 3.05) is 18.8 Å². The van der Waals surface area contributed by atoms with Gasteiger partial charge in [-0.05, 0) is 49.3 Å². The number of piperidine rings is 1. The number of carbonyl (C=O) groups is 1. The van der Waals surface area contributed by atoms with E-state index in [1.807, 2.05) is 11.0 Å². The van der Waals surface area contributed by atoms with Crippen LogP contribution in [0.5, 0.6) is 0 Å². The van der Waals surface area contributed by atoms with Crippen molar-refractivity contribution in [2.45, 2.75) is 68.6 Å². The van der Waals surface area contributed by atoms with Gasteiger partial charge in [-0.2, -0.15) is 0 Å². The van der Waals surface area contributed by atoms with Crippen molar-refractivity contribution < 1.29 is 17.9 Å². The molecule has 2 aliphatic heterocycles. The zero-order valence-electron chi connectivity index (χ0n) is 15.7. The van der Waals surface area contributed by atoms with E-state index < -0.39 is 9.84 Å². The maximum absolute atomic E-state index is 12.4. The number of hydrogen-bond donors (Lipinski definition) is 1. The third kappa shape index (κ3) is 4.29. The summed E-state index contributed by atoms with van der Waals surface area (Å²) < 4.78 is 29.9. The van der Waals surface area contributed by atoms with E-state index >= 15 is 0 Å². The van der Waals surface area contributed by atoms with Crippen LogP contribution in [0, 0.1) is 0 Å². The largest absolute Gasteiger partial charge is 0.375 e. The summed E-state index contributed by atoms with van der Waals surface area (Å²) in [4.78, 5) is 14.7. The predicted octanol–water partition coefficient (Wildman–Crippen LogP) is 2.65. The molecule has 7 heteroatoms. The summed E-state index contributed by atoms with van der Waals surface area (Å²) >= 11 is 0. The van der Waals surface area contributed by atoms with Crippen molar-refractivity contribution in [2.24, 2.45) is 0 Å². The zero-order valence-corrected chi connectivity index (χ0v) is 16.5. The second kappa shape index (κ2) is 7.80. The topological polar surface area (TPSA) is 75.7 Å². The molecule has 6 nitrogen and oxygen atoms in total. The molecular formula is C20H28N2O4S. The number of amides is 2. The highest BCUT2D eigenvalue weighted by atomic mass is 32.2. The van der Waals surface area contributed by atoms with Crippen molar-refractivity contribution in [1.82, 2.24) is 10.2 Å². The minimum Gasteiger partial charge on any atom is -0.375 e. The Hall–Kier alpha value is -1.60. The predicted molar refractivity (Wildman–Crippen MR) is 102 cm³/mol. The van der Waals surface area contributed by atoms with E-state index in [-0.39, 0.29) is 17.9 Å². The van der Waals surface area contributed by atoms with Gasteiger partial charge in [-0.15, -0.1) is 0 Å². The van der Waals surface area contributed by atoms with Crippen LogP contribution in [0.25, 0.3) is 0 Å². The normalized spacial score (nSPS) is 22.7. The van der Waals surface area contributed by atoms with Gasteiger partial charge in [0.05, 0.1) is 22.9 Å². The molecule has 0 aromatic heterocycles. The summed E-state index contributed by atoms with van der Waals surface area (Å²) in [5.74, 6) is 0.190. The number of nitrogens with zero attached hydrogens (tertiary/aromatic N) is 1. The monoisotopic (exact) mass is 392 g/mol. The molecule has 1 saturated carbocycles. The Morgan fingerprint density at radius 2 is 1.81 bits per heavy atom. The fourth-order valence-electron chi connectivity index (χ4n) is 4.38. The van der Waals surface area contributed by atoms with E-state index in [0.717, 1.165) is 37.1 Å². The van der Waals surface area contributed by atoms with Crippen LogP contribution in [-0.2, 0) is 27.5 Å².